The summed E-state index contributed by atoms with van der Waals surface area (Å²) in [5.74, 6) is 0.679. The van der Waals surface area contributed by atoms with E-state index in [1.54, 1.807) is 6.07 Å². The molecule has 0 N–H and O–H groups in total. The zero-order valence-electron chi connectivity index (χ0n) is 18.6. The summed E-state index contributed by atoms with van der Waals surface area (Å²) in [6, 6.07) is 20.7. The first-order chi connectivity index (χ1) is 16.4. The predicted molar refractivity (Wildman–Crippen MR) is 121 cm³/mol. The van der Waals surface area contributed by atoms with Gasteiger partial charge in [-0.05, 0) is 66.8 Å². The molecule has 3 rings (SSSR count). The van der Waals surface area contributed by atoms with Crippen molar-refractivity contribution < 1.29 is 39.3 Å². The fourth-order valence-corrected chi connectivity index (χ4v) is 3.95. The van der Waals surface area contributed by atoms with Gasteiger partial charge in [-0.1, -0.05) is 49.4 Å². The molecule has 0 aromatic heterocycles. The van der Waals surface area contributed by atoms with Crippen LogP contribution in [-0.4, -0.2) is 20.4 Å². The van der Waals surface area contributed by atoms with Crippen LogP contribution in [0.15, 0.2) is 78.9 Å². The topological polar surface area (TPSA) is 52.6 Å². The van der Waals surface area contributed by atoms with Crippen LogP contribution in [0.1, 0.15) is 30.9 Å². The van der Waals surface area contributed by atoms with Crippen LogP contribution in [0.3, 0.4) is 0 Å². The molecule has 0 saturated carbocycles. The van der Waals surface area contributed by atoms with Gasteiger partial charge in [-0.15, -0.1) is 0 Å². The van der Waals surface area contributed by atoms with Gasteiger partial charge in [0.2, 0.25) is 6.43 Å². The number of halogens is 5. The number of rotatable bonds is 10. The predicted octanol–water partition coefficient (Wildman–Crippen LogP) is 7.25. The molecule has 0 radical (unpaired) electrons. The minimum absolute atomic E-state index is 0.0789. The smallest absolute Gasteiger partial charge is 0.457 e. The number of para-hydroxylation sites is 1. The van der Waals surface area contributed by atoms with Gasteiger partial charge in [-0.3, -0.25) is 0 Å². The normalized spacial score (nSPS) is 13.9. The highest BCUT2D eigenvalue weighted by atomic mass is 32.2. The lowest BCUT2D eigenvalue weighted by atomic mass is 9.78. The highest BCUT2D eigenvalue weighted by molar-refractivity contribution is 7.88. The minimum Gasteiger partial charge on any atom is -0.457 e. The third-order valence-electron chi connectivity index (χ3n) is 5.52. The third kappa shape index (κ3) is 6.72. The molecule has 0 aliphatic heterocycles. The summed E-state index contributed by atoms with van der Waals surface area (Å²) in [7, 11) is -5.84. The average Bonchev–Trinajstić information content (AvgIpc) is 2.79. The molecule has 188 valence electrons. The monoisotopic (exact) mass is 514 g/mol. The molecule has 3 aromatic carbocycles. The molecule has 1 atom stereocenters. The van der Waals surface area contributed by atoms with E-state index in [1.807, 2.05) is 48.5 Å². The van der Waals surface area contributed by atoms with Gasteiger partial charge in [0.15, 0.2) is 0 Å². The Morgan fingerprint density at radius 3 is 2.06 bits per heavy atom. The van der Waals surface area contributed by atoms with E-state index in [-0.39, 0.29) is 12.0 Å². The Kier molecular flexibility index (Phi) is 8.04. The summed E-state index contributed by atoms with van der Waals surface area (Å²) >= 11 is 0. The maximum Gasteiger partial charge on any atom is 0.534 e. The Morgan fingerprint density at radius 1 is 0.829 bits per heavy atom. The Hall–Kier alpha value is -3.14. The number of aryl methyl sites for hydroxylation is 1. The first kappa shape index (κ1) is 26.5. The Balaban J connectivity index is 1.66. The van der Waals surface area contributed by atoms with Gasteiger partial charge in [-0.2, -0.15) is 21.6 Å². The standard InChI is InChI=1S/C25H23F5O4S/c1-24(23(26)27,19-12-14-21(15-13-19)34-35(31,32)25(28,29)30)16-6-8-18-7-5-11-22(17-18)33-20-9-3-2-4-10-20/h2-5,7,9-15,17,23H,6,8,16H2,1H3. The van der Waals surface area contributed by atoms with Crippen molar-refractivity contribution >= 4 is 10.1 Å². The van der Waals surface area contributed by atoms with Crippen molar-refractivity contribution in [2.24, 2.45) is 0 Å². The third-order valence-corrected chi connectivity index (χ3v) is 6.50. The van der Waals surface area contributed by atoms with Gasteiger partial charge in [0.1, 0.15) is 17.2 Å². The van der Waals surface area contributed by atoms with Crippen molar-refractivity contribution in [1.82, 2.24) is 0 Å². The molecule has 0 amide bonds. The lowest BCUT2D eigenvalue weighted by Crippen LogP contribution is -2.31. The summed E-state index contributed by atoms with van der Waals surface area (Å²) < 4.78 is 97.6. The van der Waals surface area contributed by atoms with Crippen LogP contribution in [0.25, 0.3) is 0 Å². The molecule has 0 heterocycles. The molecule has 3 aromatic rings. The molecular formula is C25H23F5O4S. The van der Waals surface area contributed by atoms with Crippen LogP contribution < -0.4 is 8.92 Å². The van der Waals surface area contributed by atoms with Gasteiger partial charge in [0, 0.05) is 0 Å². The van der Waals surface area contributed by atoms with Crippen LogP contribution >= 0.6 is 0 Å². The van der Waals surface area contributed by atoms with Gasteiger partial charge in [0.25, 0.3) is 0 Å². The summed E-state index contributed by atoms with van der Waals surface area (Å²) in [4.78, 5) is 0. The first-order valence-electron chi connectivity index (χ1n) is 10.6. The van der Waals surface area contributed by atoms with Crippen LogP contribution in [0.4, 0.5) is 22.0 Å². The van der Waals surface area contributed by atoms with E-state index in [4.69, 9.17) is 4.74 Å². The van der Waals surface area contributed by atoms with Gasteiger partial charge in [0.05, 0.1) is 5.41 Å². The van der Waals surface area contributed by atoms with E-state index in [9.17, 15) is 30.4 Å². The molecule has 0 spiro atoms. The fourth-order valence-electron chi connectivity index (χ4n) is 3.49. The molecule has 0 bridgehead atoms. The van der Waals surface area contributed by atoms with Crippen molar-refractivity contribution in [2.45, 2.75) is 43.5 Å². The highest BCUT2D eigenvalue weighted by Crippen LogP contribution is 2.37. The Labute approximate surface area is 200 Å². The molecule has 35 heavy (non-hydrogen) atoms. The zero-order valence-corrected chi connectivity index (χ0v) is 19.5. The highest BCUT2D eigenvalue weighted by Gasteiger charge is 2.48. The maximum absolute atomic E-state index is 14.0. The van der Waals surface area contributed by atoms with Crippen LogP contribution in [0, 0.1) is 0 Å². The van der Waals surface area contributed by atoms with Gasteiger partial charge in [-0.25, -0.2) is 8.78 Å². The van der Waals surface area contributed by atoms with E-state index in [0.717, 1.165) is 29.8 Å². The largest absolute Gasteiger partial charge is 0.534 e. The van der Waals surface area contributed by atoms with E-state index in [2.05, 4.69) is 4.18 Å². The molecule has 10 heteroatoms. The van der Waals surface area contributed by atoms with Gasteiger partial charge < -0.3 is 8.92 Å². The molecule has 1 unspecified atom stereocenters. The van der Waals surface area contributed by atoms with Crippen molar-refractivity contribution in [3.8, 4) is 17.2 Å². The number of hydrogen-bond donors (Lipinski definition) is 0. The molecule has 0 saturated heterocycles. The summed E-state index contributed by atoms with van der Waals surface area (Å²) in [6.45, 7) is 1.36. The van der Waals surface area contributed by atoms with Gasteiger partial charge >= 0.3 is 15.6 Å². The first-order valence-corrected chi connectivity index (χ1v) is 12.0. The summed E-state index contributed by atoms with van der Waals surface area (Å²) in [6.07, 6.45) is -1.79. The maximum atomic E-state index is 14.0. The molecule has 0 aliphatic rings. The zero-order chi connectivity index (χ0) is 25.7. The molecule has 4 nitrogen and oxygen atoms in total. The minimum atomic E-state index is -5.84. The molecular weight excluding hydrogens is 491 g/mol. The summed E-state index contributed by atoms with van der Waals surface area (Å²) in [5.41, 5.74) is -6.13. The van der Waals surface area contributed by atoms with Crippen LogP contribution in [0.5, 0.6) is 17.2 Å². The fraction of sp³-hybridized carbons (Fsp3) is 0.280. The lowest BCUT2D eigenvalue weighted by molar-refractivity contribution is -0.0500. The van der Waals surface area contributed by atoms with E-state index < -0.39 is 33.2 Å². The Bertz CT molecular complexity index is 1210. The molecule has 0 fully saturated rings. The van der Waals surface area contributed by atoms with Crippen molar-refractivity contribution in [2.75, 3.05) is 0 Å². The Morgan fingerprint density at radius 2 is 1.46 bits per heavy atom. The average molecular weight is 515 g/mol. The second-order valence-corrected chi connectivity index (χ2v) is 9.68. The second-order valence-electron chi connectivity index (χ2n) is 8.14. The van der Waals surface area contributed by atoms with Crippen molar-refractivity contribution in [3.05, 3.63) is 90.0 Å². The molecule has 0 aliphatic carbocycles. The quantitative estimate of drug-likeness (QED) is 0.162. The van der Waals surface area contributed by atoms with Crippen LogP contribution in [-0.2, 0) is 22.0 Å². The second kappa shape index (κ2) is 10.6. The summed E-state index contributed by atoms with van der Waals surface area (Å²) in [5, 5.41) is 0. The number of benzene rings is 3. The SMILES string of the molecule is CC(CCCc1cccc(Oc2ccccc2)c1)(c1ccc(OS(=O)(=O)C(F)(F)F)cc1)C(F)F. The van der Waals surface area contributed by atoms with Crippen molar-refractivity contribution in [3.63, 3.8) is 0 Å². The van der Waals surface area contributed by atoms with E-state index in [0.29, 0.717) is 24.3 Å². The van der Waals surface area contributed by atoms with Crippen molar-refractivity contribution in [1.29, 1.82) is 0 Å². The number of ether oxygens (including phenoxy) is 1. The van der Waals surface area contributed by atoms with E-state index in [1.165, 1.54) is 6.92 Å². The van der Waals surface area contributed by atoms with Crippen LogP contribution in [0.2, 0.25) is 0 Å². The van der Waals surface area contributed by atoms with E-state index >= 15 is 0 Å². The number of alkyl halides is 5. The number of hydrogen-bond acceptors (Lipinski definition) is 4. The lowest BCUT2D eigenvalue weighted by Gasteiger charge is -2.29.